The van der Waals surface area contributed by atoms with Gasteiger partial charge in [-0.1, -0.05) is 97.1 Å². The van der Waals surface area contributed by atoms with Crippen LogP contribution in [-0.2, 0) is 18.9 Å². The van der Waals surface area contributed by atoms with Gasteiger partial charge in [0.05, 0.1) is 52.9 Å². The number of fused-ring (bicyclic) bond motifs is 19. The summed E-state index contributed by atoms with van der Waals surface area (Å²) in [6.07, 6.45) is 0. The summed E-state index contributed by atoms with van der Waals surface area (Å²) in [6.45, 7) is 5.23. The maximum absolute atomic E-state index is 6.36. The molecule has 0 radical (unpaired) electrons. The predicted molar refractivity (Wildman–Crippen MR) is 188 cm³/mol. The first-order valence-electron chi connectivity index (χ1n) is 16.6. The molecular formula is C40H40O8. The third kappa shape index (κ3) is 7.12. The normalized spacial score (nSPS) is 16.5. The van der Waals surface area contributed by atoms with E-state index in [-0.39, 0.29) is 0 Å². The molecule has 6 aromatic carbocycles. The Morgan fingerprint density at radius 3 is 0.583 bits per heavy atom. The van der Waals surface area contributed by atoms with Gasteiger partial charge in [-0.3, -0.25) is 0 Å². The molecule has 8 nitrogen and oxygen atoms in total. The van der Waals surface area contributed by atoms with Gasteiger partial charge in [0.25, 0.3) is 0 Å². The van der Waals surface area contributed by atoms with Crippen molar-refractivity contribution in [1.82, 2.24) is 0 Å². The van der Waals surface area contributed by atoms with Crippen molar-refractivity contribution >= 4 is 43.1 Å². The average Bonchev–Trinajstić information content (AvgIpc) is 3.13. The fourth-order valence-electron chi connectivity index (χ4n) is 6.17. The Balaban J connectivity index is 1.06. The van der Waals surface area contributed by atoms with E-state index in [0.29, 0.717) is 79.3 Å². The van der Waals surface area contributed by atoms with Crippen molar-refractivity contribution in [3.05, 3.63) is 97.1 Å². The van der Waals surface area contributed by atoms with Gasteiger partial charge in [-0.15, -0.1) is 0 Å². The van der Waals surface area contributed by atoms with Crippen LogP contribution in [0.25, 0.3) is 43.1 Å². The maximum Gasteiger partial charge on any atom is 0.135 e. The summed E-state index contributed by atoms with van der Waals surface area (Å²) in [6, 6.07) is 32.7. The highest BCUT2D eigenvalue weighted by Crippen LogP contribution is 2.44. The Labute approximate surface area is 279 Å². The molecule has 4 bridgehead atoms. The van der Waals surface area contributed by atoms with Crippen LogP contribution in [0.3, 0.4) is 0 Å². The van der Waals surface area contributed by atoms with E-state index < -0.39 is 0 Å². The Morgan fingerprint density at radius 1 is 0.229 bits per heavy atom. The van der Waals surface area contributed by atoms with E-state index in [4.69, 9.17) is 37.9 Å². The summed E-state index contributed by atoms with van der Waals surface area (Å²) < 4.78 is 48.9. The van der Waals surface area contributed by atoms with Crippen LogP contribution >= 0.6 is 0 Å². The topological polar surface area (TPSA) is 73.8 Å². The monoisotopic (exact) mass is 648 g/mol. The molecule has 8 rings (SSSR count). The Morgan fingerprint density at radius 2 is 0.396 bits per heavy atom. The molecule has 48 heavy (non-hydrogen) atoms. The van der Waals surface area contributed by atoms with E-state index in [0.717, 1.165) is 66.1 Å². The molecule has 0 atom stereocenters. The second-order valence-corrected chi connectivity index (χ2v) is 11.3. The van der Waals surface area contributed by atoms with Gasteiger partial charge in [-0.25, -0.2) is 0 Å². The van der Waals surface area contributed by atoms with E-state index in [1.54, 1.807) is 0 Å². The number of ether oxygens (including phenoxy) is 8. The highest BCUT2D eigenvalue weighted by molar-refractivity contribution is 6.12. The van der Waals surface area contributed by atoms with Gasteiger partial charge in [-0.05, 0) is 0 Å². The Kier molecular flexibility index (Phi) is 10.7. The first kappa shape index (κ1) is 32.0. The van der Waals surface area contributed by atoms with Crippen molar-refractivity contribution in [3.63, 3.8) is 0 Å². The summed E-state index contributed by atoms with van der Waals surface area (Å²) in [4.78, 5) is 0. The molecule has 6 aromatic rings. The quantitative estimate of drug-likeness (QED) is 0.123. The fraction of sp³-hybridized carbons (Fsp3) is 0.300. The molecule has 8 heteroatoms. The summed E-state index contributed by atoms with van der Waals surface area (Å²) >= 11 is 0. The second-order valence-electron chi connectivity index (χ2n) is 11.3. The van der Waals surface area contributed by atoms with Crippen molar-refractivity contribution in [2.75, 3.05) is 79.3 Å². The minimum absolute atomic E-state index is 0.410. The van der Waals surface area contributed by atoms with Crippen molar-refractivity contribution in [2.24, 2.45) is 0 Å². The van der Waals surface area contributed by atoms with Crippen molar-refractivity contribution < 1.29 is 37.9 Å². The zero-order valence-electron chi connectivity index (χ0n) is 27.0. The van der Waals surface area contributed by atoms with Crippen LogP contribution in [0.5, 0.6) is 23.0 Å². The van der Waals surface area contributed by atoms with Crippen LogP contribution in [0.2, 0.25) is 0 Å². The van der Waals surface area contributed by atoms with E-state index in [2.05, 4.69) is 48.5 Å². The minimum atomic E-state index is 0.410. The molecule has 0 aromatic heterocycles. The van der Waals surface area contributed by atoms with Crippen LogP contribution in [0.15, 0.2) is 97.1 Å². The van der Waals surface area contributed by atoms with Crippen LogP contribution in [-0.4, -0.2) is 79.3 Å². The highest BCUT2D eigenvalue weighted by Gasteiger charge is 2.17. The molecule has 2 heterocycles. The van der Waals surface area contributed by atoms with Crippen molar-refractivity contribution in [3.8, 4) is 23.0 Å². The van der Waals surface area contributed by atoms with Gasteiger partial charge in [0.15, 0.2) is 0 Å². The Hall–Kier alpha value is -4.60. The van der Waals surface area contributed by atoms with E-state index in [9.17, 15) is 0 Å². The summed E-state index contributed by atoms with van der Waals surface area (Å²) in [5.74, 6) is 3.29. The van der Waals surface area contributed by atoms with Gasteiger partial charge < -0.3 is 37.9 Å². The first-order chi connectivity index (χ1) is 23.9. The van der Waals surface area contributed by atoms with E-state index in [1.807, 2.05) is 48.5 Å². The highest BCUT2D eigenvalue weighted by atomic mass is 16.6. The maximum atomic E-state index is 6.36. The van der Waals surface area contributed by atoms with Crippen LogP contribution < -0.4 is 18.9 Å². The van der Waals surface area contributed by atoms with Gasteiger partial charge in [0.2, 0.25) is 0 Å². The molecule has 0 N–H and O–H groups in total. The lowest BCUT2D eigenvalue weighted by molar-refractivity contribution is 0.0275. The minimum Gasteiger partial charge on any atom is -0.490 e. The largest absolute Gasteiger partial charge is 0.490 e. The molecular weight excluding hydrogens is 608 g/mol. The number of rotatable bonds is 0. The second kappa shape index (κ2) is 16.0. The molecule has 0 fully saturated rings. The molecule has 2 aliphatic heterocycles. The van der Waals surface area contributed by atoms with Crippen LogP contribution in [0.4, 0.5) is 0 Å². The molecule has 0 aliphatic carbocycles. The smallest absolute Gasteiger partial charge is 0.135 e. The van der Waals surface area contributed by atoms with Gasteiger partial charge >= 0.3 is 0 Å². The third-order valence-electron chi connectivity index (χ3n) is 8.31. The first-order valence-corrected chi connectivity index (χ1v) is 16.6. The van der Waals surface area contributed by atoms with E-state index in [1.165, 1.54) is 0 Å². The van der Waals surface area contributed by atoms with E-state index >= 15 is 0 Å². The zero-order valence-corrected chi connectivity index (χ0v) is 27.0. The molecule has 0 unspecified atom stereocenters. The van der Waals surface area contributed by atoms with Crippen molar-refractivity contribution in [2.45, 2.75) is 0 Å². The molecule has 0 amide bonds. The Bertz CT molecular complexity index is 1580. The lowest BCUT2D eigenvalue weighted by atomic mass is 10.0. The standard InChI is InChI=1S/C40H40O8/c1-2-10-30-29(9-1)37-31-11-3-4-12-32(31)38(30)46-26-22-42-19-20-44-24-28-48-40-35-15-7-5-13-33(35)39(34-14-6-8-16-36(34)40)47-27-23-43-18-17-41-21-25-45-37/h1-16H,17-28H2. The average molecular weight is 649 g/mol. The number of hydrogen-bond donors (Lipinski definition) is 0. The van der Waals surface area contributed by atoms with Gasteiger partial charge in [0.1, 0.15) is 49.4 Å². The molecule has 2 aliphatic rings. The lowest BCUT2D eigenvalue weighted by Crippen LogP contribution is -2.14. The summed E-state index contributed by atoms with van der Waals surface area (Å²) in [7, 11) is 0. The fourth-order valence-corrected chi connectivity index (χ4v) is 6.17. The van der Waals surface area contributed by atoms with Gasteiger partial charge in [-0.2, -0.15) is 0 Å². The molecule has 0 spiro atoms. The number of benzene rings is 6. The summed E-state index contributed by atoms with van der Waals surface area (Å²) in [5, 5.41) is 7.96. The molecule has 248 valence electrons. The van der Waals surface area contributed by atoms with Crippen LogP contribution in [0, 0.1) is 0 Å². The molecule has 0 saturated carbocycles. The third-order valence-corrected chi connectivity index (χ3v) is 8.31. The zero-order chi connectivity index (χ0) is 32.4. The van der Waals surface area contributed by atoms with Crippen LogP contribution in [0.1, 0.15) is 0 Å². The summed E-state index contributed by atoms with van der Waals surface area (Å²) in [5.41, 5.74) is 0. The SMILES string of the molecule is c1ccc2c3c4ccccc4c(c2c1)OCCOCCOCCOc1c2ccccc2c(c2ccccc12)OCCOCCOCCO3. The number of hydrogen-bond acceptors (Lipinski definition) is 8. The predicted octanol–water partition coefficient (Wildman–Crippen LogP) is 7.59. The lowest BCUT2D eigenvalue weighted by Gasteiger charge is -2.18. The molecule has 0 saturated heterocycles. The van der Waals surface area contributed by atoms with Gasteiger partial charge in [0, 0.05) is 43.1 Å². The van der Waals surface area contributed by atoms with Crippen molar-refractivity contribution in [1.29, 1.82) is 0 Å².